The van der Waals surface area contributed by atoms with Crippen molar-refractivity contribution in [3.05, 3.63) is 24.3 Å². The van der Waals surface area contributed by atoms with Crippen LogP contribution in [-0.4, -0.2) is 49.3 Å². The van der Waals surface area contributed by atoms with Gasteiger partial charge in [-0.2, -0.15) is 0 Å². The fraction of sp³-hybridized carbons (Fsp3) is 0.588. The lowest BCUT2D eigenvalue weighted by Crippen LogP contribution is -2.30. The molecule has 1 saturated carbocycles. The smallest absolute Gasteiger partial charge is 0.224 e. The van der Waals surface area contributed by atoms with Gasteiger partial charge < -0.3 is 20.1 Å². The predicted octanol–water partition coefficient (Wildman–Crippen LogP) is 2.12. The van der Waals surface area contributed by atoms with Gasteiger partial charge in [-0.15, -0.1) is 0 Å². The van der Waals surface area contributed by atoms with E-state index in [0.717, 1.165) is 5.69 Å². The van der Waals surface area contributed by atoms with Crippen LogP contribution < -0.4 is 10.1 Å². The maximum atomic E-state index is 11.8. The van der Waals surface area contributed by atoms with Crippen molar-refractivity contribution >= 4 is 11.6 Å². The summed E-state index contributed by atoms with van der Waals surface area (Å²) in [4.78, 5) is 13.7. The minimum Gasteiger partial charge on any atom is -0.491 e. The first kappa shape index (κ1) is 16.8. The highest BCUT2D eigenvalue weighted by molar-refractivity contribution is 5.90. The summed E-state index contributed by atoms with van der Waals surface area (Å²) in [6, 6.07) is 7.27. The van der Waals surface area contributed by atoms with E-state index < -0.39 is 6.10 Å². The van der Waals surface area contributed by atoms with Crippen LogP contribution in [0.1, 0.15) is 25.7 Å². The number of ether oxygens (including phenoxy) is 1. The Bertz CT molecular complexity index is 469. The highest BCUT2D eigenvalue weighted by atomic mass is 16.5. The number of carbonyl (C=O) groups is 1. The summed E-state index contributed by atoms with van der Waals surface area (Å²) in [5, 5.41) is 12.7. The first-order chi connectivity index (χ1) is 10.5. The Morgan fingerprint density at radius 1 is 1.36 bits per heavy atom. The molecule has 1 atom stereocenters. The van der Waals surface area contributed by atoms with E-state index in [-0.39, 0.29) is 12.5 Å². The number of rotatable bonds is 8. The number of anilines is 1. The molecule has 5 heteroatoms. The molecule has 22 heavy (non-hydrogen) atoms. The average molecular weight is 306 g/mol. The molecule has 5 nitrogen and oxygen atoms in total. The summed E-state index contributed by atoms with van der Waals surface area (Å²) >= 11 is 0. The van der Waals surface area contributed by atoms with Crippen LogP contribution >= 0.6 is 0 Å². The molecule has 1 aromatic carbocycles. The minimum atomic E-state index is -0.517. The van der Waals surface area contributed by atoms with Gasteiger partial charge in [0.25, 0.3) is 0 Å². The van der Waals surface area contributed by atoms with Gasteiger partial charge in [0.15, 0.2) is 0 Å². The van der Waals surface area contributed by atoms with E-state index in [9.17, 15) is 9.90 Å². The van der Waals surface area contributed by atoms with E-state index in [1.807, 2.05) is 31.1 Å². The van der Waals surface area contributed by atoms with Crippen LogP contribution in [0, 0.1) is 5.92 Å². The van der Waals surface area contributed by atoms with Gasteiger partial charge in [0.1, 0.15) is 18.5 Å². The summed E-state index contributed by atoms with van der Waals surface area (Å²) in [6.07, 6.45) is 3.71. The average Bonchev–Trinajstić information content (AvgIpc) is 2.41. The summed E-state index contributed by atoms with van der Waals surface area (Å²) in [6.45, 7) is 0.820. The van der Waals surface area contributed by atoms with E-state index in [4.69, 9.17) is 4.74 Å². The third-order valence-corrected chi connectivity index (χ3v) is 3.86. The molecule has 122 valence electrons. The van der Waals surface area contributed by atoms with Gasteiger partial charge in [0.2, 0.25) is 5.91 Å². The van der Waals surface area contributed by atoms with Crippen molar-refractivity contribution in [2.75, 3.05) is 32.6 Å². The Hall–Kier alpha value is -1.59. The largest absolute Gasteiger partial charge is 0.491 e. The molecule has 2 rings (SSSR count). The number of nitrogens with zero attached hydrogens (tertiary/aromatic N) is 1. The molecule has 1 fully saturated rings. The number of amides is 1. The fourth-order valence-electron chi connectivity index (χ4n) is 2.47. The monoisotopic (exact) mass is 306 g/mol. The Balaban J connectivity index is 1.73. The molecule has 1 aliphatic rings. The van der Waals surface area contributed by atoms with Crippen molar-refractivity contribution < 1.29 is 14.6 Å². The summed E-state index contributed by atoms with van der Waals surface area (Å²) < 4.78 is 5.53. The molecule has 0 radical (unpaired) electrons. The lowest BCUT2D eigenvalue weighted by molar-refractivity contribution is -0.117. The topological polar surface area (TPSA) is 61.8 Å². The summed E-state index contributed by atoms with van der Waals surface area (Å²) in [5.41, 5.74) is 0.783. The van der Waals surface area contributed by atoms with Crippen LogP contribution in [-0.2, 0) is 4.79 Å². The molecule has 0 aliphatic heterocycles. The first-order valence-electron chi connectivity index (χ1n) is 7.88. The number of nitrogens with one attached hydrogen (secondary N) is 1. The summed E-state index contributed by atoms with van der Waals surface area (Å²) in [5.74, 6) is 1.34. The van der Waals surface area contributed by atoms with Gasteiger partial charge in [-0.3, -0.25) is 4.79 Å². The zero-order chi connectivity index (χ0) is 15.9. The van der Waals surface area contributed by atoms with Crippen molar-refractivity contribution in [2.45, 2.75) is 31.8 Å². The molecule has 1 aromatic rings. The zero-order valence-corrected chi connectivity index (χ0v) is 13.4. The third kappa shape index (κ3) is 5.66. The first-order valence-corrected chi connectivity index (χ1v) is 7.88. The van der Waals surface area contributed by atoms with Crippen LogP contribution in [0.4, 0.5) is 5.69 Å². The number of likely N-dealkylation sites (N-methyl/N-ethyl adjacent to an activating group) is 1. The molecule has 0 aromatic heterocycles. The van der Waals surface area contributed by atoms with E-state index in [1.165, 1.54) is 19.3 Å². The maximum Gasteiger partial charge on any atom is 0.224 e. The lowest BCUT2D eigenvalue weighted by atomic mass is 9.83. The molecule has 0 saturated heterocycles. The molecule has 1 amide bonds. The van der Waals surface area contributed by atoms with Gasteiger partial charge in [0.05, 0.1) is 0 Å². The number of hydrogen-bond acceptors (Lipinski definition) is 4. The maximum absolute atomic E-state index is 11.8. The number of aliphatic hydroxyl groups is 1. The highest BCUT2D eigenvalue weighted by Crippen LogP contribution is 2.29. The Labute approximate surface area is 132 Å². The van der Waals surface area contributed by atoms with Gasteiger partial charge in [-0.1, -0.05) is 6.42 Å². The number of benzene rings is 1. The van der Waals surface area contributed by atoms with Crippen LogP contribution in [0.15, 0.2) is 24.3 Å². The molecule has 0 spiro atoms. The zero-order valence-electron chi connectivity index (χ0n) is 13.4. The Morgan fingerprint density at radius 3 is 2.59 bits per heavy atom. The van der Waals surface area contributed by atoms with E-state index >= 15 is 0 Å². The number of aliphatic hydroxyl groups excluding tert-OH is 1. The van der Waals surface area contributed by atoms with Crippen molar-refractivity contribution in [3.63, 3.8) is 0 Å². The van der Waals surface area contributed by atoms with Crippen LogP contribution in [0.2, 0.25) is 0 Å². The lowest BCUT2D eigenvalue weighted by Gasteiger charge is -2.24. The van der Waals surface area contributed by atoms with Crippen LogP contribution in [0.5, 0.6) is 5.75 Å². The molecule has 0 bridgehead atoms. The van der Waals surface area contributed by atoms with E-state index in [2.05, 4.69) is 5.32 Å². The van der Waals surface area contributed by atoms with Crippen molar-refractivity contribution in [2.24, 2.45) is 5.92 Å². The second kappa shape index (κ2) is 8.15. The standard InChI is InChI=1S/C17H26N2O3/c1-19(2)11-15(20)12-22-16-8-6-14(7-9-16)18-17(21)10-13-4-3-5-13/h6-9,13,15,20H,3-5,10-12H2,1-2H3,(H,18,21). The molecule has 1 aliphatic carbocycles. The summed E-state index contributed by atoms with van der Waals surface area (Å²) in [7, 11) is 3.81. The number of hydrogen-bond donors (Lipinski definition) is 2. The Morgan fingerprint density at radius 2 is 2.05 bits per heavy atom. The molecule has 1 unspecified atom stereocenters. The van der Waals surface area contributed by atoms with Gasteiger partial charge >= 0.3 is 0 Å². The Kier molecular flexibility index (Phi) is 6.21. The second-order valence-electron chi connectivity index (χ2n) is 6.30. The number of carbonyl (C=O) groups excluding carboxylic acids is 1. The second-order valence-corrected chi connectivity index (χ2v) is 6.30. The highest BCUT2D eigenvalue weighted by Gasteiger charge is 2.20. The quantitative estimate of drug-likeness (QED) is 0.772. The van der Waals surface area contributed by atoms with Crippen molar-refractivity contribution in [3.8, 4) is 5.75 Å². The molecule has 2 N–H and O–H groups in total. The fourth-order valence-corrected chi connectivity index (χ4v) is 2.47. The predicted molar refractivity (Wildman–Crippen MR) is 87.1 cm³/mol. The van der Waals surface area contributed by atoms with Crippen LogP contribution in [0.25, 0.3) is 0 Å². The van der Waals surface area contributed by atoms with E-state index in [1.54, 1.807) is 12.1 Å². The van der Waals surface area contributed by atoms with Crippen molar-refractivity contribution in [1.82, 2.24) is 4.90 Å². The van der Waals surface area contributed by atoms with Crippen molar-refractivity contribution in [1.29, 1.82) is 0 Å². The van der Waals surface area contributed by atoms with Gasteiger partial charge in [0, 0.05) is 18.7 Å². The third-order valence-electron chi connectivity index (χ3n) is 3.86. The SMILES string of the molecule is CN(C)CC(O)COc1ccc(NC(=O)CC2CCC2)cc1. The van der Waals surface area contributed by atoms with Gasteiger partial charge in [-0.05, 0) is 57.1 Å². The molecular formula is C17H26N2O3. The van der Waals surface area contributed by atoms with Gasteiger partial charge in [-0.25, -0.2) is 0 Å². The molecular weight excluding hydrogens is 280 g/mol. The normalized spacial score (nSPS) is 16.2. The van der Waals surface area contributed by atoms with E-state index in [0.29, 0.717) is 24.6 Å². The minimum absolute atomic E-state index is 0.0831. The molecule has 0 heterocycles. The van der Waals surface area contributed by atoms with Crippen LogP contribution in [0.3, 0.4) is 0 Å².